The summed E-state index contributed by atoms with van der Waals surface area (Å²) in [6, 6.07) is 7.84. The number of rotatable bonds is 9. The quantitative estimate of drug-likeness (QED) is 0.393. The Hall–Kier alpha value is -1.69. The highest BCUT2D eigenvalue weighted by Crippen LogP contribution is 2.37. The minimum absolute atomic E-state index is 0.141. The van der Waals surface area contributed by atoms with E-state index < -0.39 is 14.4 Å². The van der Waals surface area contributed by atoms with Gasteiger partial charge in [0.2, 0.25) is 8.32 Å². The Bertz CT molecular complexity index is 646. The van der Waals surface area contributed by atoms with Gasteiger partial charge in [-0.25, -0.2) is 4.79 Å². The molecule has 0 bridgehead atoms. The van der Waals surface area contributed by atoms with Crippen molar-refractivity contribution in [1.82, 2.24) is 5.32 Å². The highest BCUT2D eigenvalue weighted by Gasteiger charge is 2.38. The Morgan fingerprint density at radius 3 is 2.10 bits per heavy atom. The van der Waals surface area contributed by atoms with E-state index in [-0.39, 0.29) is 22.4 Å². The zero-order valence-electron chi connectivity index (χ0n) is 19.8. The molecule has 0 aliphatic heterocycles. The van der Waals surface area contributed by atoms with Crippen LogP contribution in [0.5, 0.6) is 5.75 Å². The van der Waals surface area contributed by atoms with Crippen molar-refractivity contribution in [3.05, 3.63) is 24.3 Å². The van der Waals surface area contributed by atoms with Gasteiger partial charge in [-0.3, -0.25) is 0 Å². The molecule has 0 unspecified atom stereocenters. The van der Waals surface area contributed by atoms with Crippen LogP contribution in [0.4, 0.5) is 10.5 Å². The highest BCUT2D eigenvalue weighted by atomic mass is 28.4. The second-order valence-electron chi connectivity index (χ2n) is 10.9. The summed E-state index contributed by atoms with van der Waals surface area (Å²) in [5.41, 5.74) is 1.21. The maximum atomic E-state index is 11.2. The van der Waals surface area contributed by atoms with Crippen LogP contribution in [0.3, 0.4) is 0 Å². The van der Waals surface area contributed by atoms with Gasteiger partial charge in [0.05, 0.1) is 6.04 Å². The zero-order valence-corrected chi connectivity index (χ0v) is 20.8. The molecule has 3 N–H and O–H groups in total. The highest BCUT2D eigenvalue weighted by molar-refractivity contribution is 6.74. The fourth-order valence-electron chi connectivity index (χ4n) is 2.73. The van der Waals surface area contributed by atoms with Crippen molar-refractivity contribution in [1.29, 1.82) is 0 Å². The zero-order chi connectivity index (χ0) is 22.5. The molecule has 5 nitrogen and oxygen atoms in total. The fourth-order valence-corrected chi connectivity index (χ4v) is 3.76. The molecule has 0 aromatic heterocycles. The molecule has 166 valence electrons. The predicted octanol–water partition coefficient (Wildman–Crippen LogP) is 6.58. The van der Waals surface area contributed by atoms with Gasteiger partial charge < -0.3 is 20.2 Å². The van der Waals surface area contributed by atoms with Crippen molar-refractivity contribution >= 4 is 20.1 Å². The molecule has 0 spiro atoms. The minimum Gasteiger partial charge on any atom is -0.544 e. The molecule has 0 heterocycles. The molecule has 1 amide bonds. The molecule has 6 heteroatoms. The SMILES string of the molecule is C[C@@H](CCC(C)(C)C)[C@@H](CNc1ccc(O[Si](C)(C)C(C)(C)C)cc1)NC(=O)O. The lowest BCUT2D eigenvalue weighted by atomic mass is 9.85. The van der Waals surface area contributed by atoms with E-state index in [0.29, 0.717) is 6.54 Å². The summed E-state index contributed by atoms with van der Waals surface area (Å²) >= 11 is 0. The van der Waals surface area contributed by atoms with Gasteiger partial charge in [-0.1, -0.05) is 48.5 Å². The van der Waals surface area contributed by atoms with Crippen LogP contribution in [0.15, 0.2) is 24.3 Å². The average molecular weight is 423 g/mol. The maximum Gasteiger partial charge on any atom is 0.404 e. The predicted molar refractivity (Wildman–Crippen MR) is 126 cm³/mol. The van der Waals surface area contributed by atoms with E-state index in [1.54, 1.807) is 0 Å². The second-order valence-corrected chi connectivity index (χ2v) is 15.6. The lowest BCUT2D eigenvalue weighted by Crippen LogP contribution is -2.44. The van der Waals surface area contributed by atoms with Gasteiger partial charge in [0, 0.05) is 12.2 Å². The Morgan fingerprint density at radius 1 is 1.10 bits per heavy atom. The molecule has 0 fully saturated rings. The summed E-state index contributed by atoms with van der Waals surface area (Å²) in [6.07, 6.45) is 1.07. The summed E-state index contributed by atoms with van der Waals surface area (Å²) in [4.78, 5) is 11.2. The molecule has 0 saturated carbocycles. The van der Waals surface area contributed by atoms with Gasteiger partial charge in [0.25, 0.3) is 0 Å². The number of carboxylic acid groups (broad SMARTS) is 1. The van der Waals surface area contributed by atoms with Crippen molar-refractivity contribution in [2.75, 3.05) is 11.9 Å². The Labute approximate surface area is 178 Å². The first-order chi connectivity index (χ1) is 13.1. The van der Waals surface area contributed by atoms with E-state index in [4.69, 9.17) is 4.43 Å². The topological polar surface area (TPSA) is 70.6 Å². The summed E-state index contributed by atoms with van der Waals surface area (Å²) in [6.45, 7) is 20.5. The molecule has 0 radical (unpaired) electrons. The van der Waals surface area contributed by atoms with E-state index >= 15 is 0 Å². The van der Waals surface area contributed by atoms with Crippen LogP contribution in [0.25, 0.3) is 0 Å². The lowest BCUT2D eigenvalue weighted by molar-refractivity contribution is 0.183. The first-order valence-electron chi connectivity index (χ1n) is 10.6. The van der Waals surface area contributed by atoms with Crippen molar-refractivity contribution in [3.8, 4) is 5.75 Å². The second kappa shape index (κ2) is 9.87. The van der Waals surface area contributed by atoms with Crippen LogP contribution in [-0.2, 0) is 0 Å². The first kappa shape index (κ1) is 25.3. The number of anilines is 1. The smallest absolute Gasteiger partial charge is 0.404 e. The molecule has 0 aliphatic carbocycles. The standard InChI is InChI=1S/C23H42N2O3Si/c1-17(14-15-22(2,3)4)20(25-21(26)27)16-24-18-10-12-19(13-11-18)28-29(8,9)23(5,6)7/h10-13,17,20,24-25H,14-16H2,1-9H3,(H,26,27)/t17-,20+/m0/s1. The third-order valence-corrected chi connectivity index (χ3v) is 10.3. The van der Waals surface area contributed by atoms with Crippen molar-refractivity contribution < 1.29 is 14.3 Å². The summed E-state index contributed by atoms with van der Waals surface area (Å²) in [5.74, 6) is 1.14. The van der Waals surface area contributed by atoms with E-state index in [1.165, 1.54) is 0 Å². The molecule has 0 aliphatic rings. The Morgan fingerprint density at radius 2 is 1.66 bits per heavy atom. The third kappa shape index (κ3) is 9.11. The number of nitrogens with one attached hydrogen (secondary N) is 2. The van der Waals surface area contributed by atoms with Gasteiger partial charge in [-0.15, -0.1) is 0 Å². The number of hydrogen-bond acceptors (Lipinski definition) is 3. The normalized spacial score (nSPS) is 14.8. The van der Waals surface area contributed by atoms with Gasteiger partial charge in [0.15, 0.2) is 0 Å². The van der Waals surface area contributed by atoms with Gasteiger partial charge in [-0.2, -0.15) is 0 Å². The maximum absolute atomic E-state index is 11.2. The van der Waals surface area contributed by atoms with Crippen LogP contribution in [0, 0.1) is 11.3 Å². The van der Waals surface area contributed by atoms with Gasteiger partial charge in [-0.05, 0) is 66.6 Å². The van der Waals surface area contributed by atoms with Crippen molar-refractivity contribution in [2.45, 2.75) is 85.5 Å². The van der Waals surface area contributed by atoms with Gasteiger partial charge in [0.1, 0.15) is 5.75 Å². The third-order valence-electron chi connectivity index (χ3n) is 5.91. The molecule has 2 atom stereocenters. The van der Waals surface area contributed by atoms with E-state index in [9.17, 15) is 9.90 Å². The van der Waals surface area contributed by atoms with Gasteiger partial charge >= 0.3 is 6.09 Å². The summed E-state index contributed by atoms with van der Waals surface area (Å²) in [5, 5.41) is 15.4. The number of benzene rings is 1. The molecule has 29 heavy (non-hydrogen) atoms. The largest absolute Gasteiger partial charge is 0.544 e. The summed E-state index contributed by atoms with van der Waals surface area (Å²) in [7, 11) is -1.85. The first-order valence-corrected chi connectivity index (χ1v) is 13.5. The summed E-state index contributed by atoms with van der Waals surface area (Å²) < 4.78 is 6.32. The van der Waals surface area contributed by atoms with Crippen LogP contribution in [0.2, 0.25) is 18.1 Å². The van der Waals surface area contributed by atoms with E-state index in [1.807, 2.05) is 24.3 Å². The van der Waals surface area contributed by atoms with E-state index in [2.05, 4.69) is 72.2 Å². The molecule has 1 rings (SSSR count). The van der Waals surface area contributed by atoms with E-state index in [0.717, 1.165) is 24.3 Å². The molecule has 1 aromatic rings. The van der Waals surface area contributed by atoms with Crippen LogP contribution in [-0.4, -0.2) is 32.1 Å². The number of carbonyl (C=O) groups is 1. The average Bonchev–Trinajstić information content (AvgIpc) is 2.55. The lowest BCUT2D eigenvalue weighted by Gasteiger charge is -2.36. The number of amides is 1. The Kier molecular flexibility index (Phi) is 8.63. The van der Waals surface area contributed by atoms with Crippen molar-refractivity contribution in [3.63, 3.8) is 0 Å². The monoisotopic (exact) mass is 422 g/mol. The van der Waals surface area contributed by atoms with Crippen LogP contribution in [0.1, 0.15) is 61.3 Å². The molecular weight excluding hydrogens is 380 g/mol. The van der Waals surface area contributed by atoms with Crippen molar-refractivity contribution in [2.24, 2.45) is 11.3 Å². The molecule has 0 saturated heterocycles. The fraction of sp³-hybridized carbons (Fsp3) is 0.696. The minimum atomic E-state index is -1.85. The Balaban J connectivity index is 2.71. The van der Waals surface area contributed by atoms with Crippen LogP contribution >= 0.6 is 0 Å². The molecule has 1 aromatic carbocycles. The number of hydrogen-bond donors (Lipinski definition) is 3. The molecular formula is C23H42N2O3Si. The van der Waals surface area contributed by atoms with Crippen LogP contribution < -0.4 is 15.1 Å².